The van der Waals surface area contributed by atoms with Crippen LogP contribution in [0.4, 0.5) is 0 Å². The summed E-state index contributed by atoms with van der Waals surface area (Å²) in [6, 6.07) is 0. The van der Waals surface area contributed by atoms with Crippen LogP contribution in [0.15, 0.2) is 0 Å². The van der Waals surface area contributed by atoms with Crippen molar-refractivity contribution in [3.63, 3.8) is 0 Å². The van der Waals surface area contributed by atoms with E-state index in [0.717, 1.165) is 11.8 Å². The molecule has 0 heteroatoms. The van der Waals surface area contributed by atoms with E-state index in [4.69, 9.17) is 0 Å². The lowest BCUT2D eigenvalue weighted by molar-refractivity contribution is 0.263. The van der Waals surface area contributed by atoms with Crippen LogP contribution in [-0.2, 0) is 0 Å². The molecule has 14 heavy (non-hydrogen) atoms. The van der Waals surface area contributed by atoms with Crippen LogP contribution in [0.5, 0.6) is 0 Å². The zero-order chi connectivity index (χ0) is 11.2. The largest absolute Gasteiger partial charge is 0.0654 e. The number of rotatable bonds is 6. The van der Waals surface area contributed by atoms with Gasteiger partial charge in [0, 0.05) is 0 Å². The van der Waals surface area contributed by atoms with Gasteiger partial charge >= 0.3 is 0 Å². The van der Waals surface area contributed by atoms with Crippen molar-refractivity contribution in [2.24, 2.45) is 17.3 Å². The standard InChI is InChI=1S/C14H30/c1-7-8-9-13(12(2)3)10-11-14(4,5)6/h12-13H,7-11H2,1-6H3. The van der Waals surface area contributed by atoms with Crippen molar-refractivity contribution in [2.45, 2.75) is 73.6 Å². The Morgan fingerprint density at radius 1 is 1.00 bits per heavy atom. The maximum absolute atomic E-state index is 2.38. The summed E-state index contributed by atoms with van der Waals surface area (Å²) in [5.41, 5.74) is 0.513. The minimum absolute atomic E-state index is 0.513. The average molecular weight is 198 g/mol. The number of hydrogen-bond donors (Lipinski definition) is 0. The maximum Gasteiger partial charge on any atom is -0.0383 e. The first-order valence-corrected chi connectivity index (χ1v) is 6.37. The molecule has 0 N–H and O–H groups in total. The second kappa shape index (κ2) is 6.48. The molecule has 0 spiro atoms. The van der Waals surface area contributed by atoms with E-state index in [1.165, 1.54) is 32.1 Å². The van der Waals surface area contributed by atoms with Gasteiger partial charge in [-0.3, -0.25) is 0 Å². The fourth-order valence-corrected chi connectivity index (χ4v) is 1.90. The van der Waals surface area contributed by atoms with Crippen LogP contribution >= 0.6 is 0 Å². The SMILES string of the molecule is CCCCC(CCC(C)(C)C)C(C)C. The second-order valence-corrected chi connectivity index (χ2v) is 6.25. The zero-order valence-corrected chi connectivity index (χ0v) is 11.2. The summed E-state index contributed by atoms with van der Waals surface area (Å²) >= 11 is 0. The Morgan fingerprint density at radius 2 is 1.57 bits per heavy atom. The van der Waals surface area contributed by atoms with Crippen molar-refractivity contribution >= 4 is 0 Å². The quantitative estimate of drug-likeness (QED) is 0.545. The lowest BCUT2D eigenvalue weighted by atomic mass is 9.81. The van der Waals surface area contributed by atoms with Crippen molar-refractivity contribution in [3.05, 3.63) is 0 Å². The van der Waals surface area contributed by atoms with Crippen LogP contribution < -0.4 is 0 Å². The Kier molecular flexibility index (Phi) is 6.48. The minimum atomic E-state index is 0.513. The van der Waals surface area contributed by atoms with Crippen molar-refractivity contribution in [1.82, 2.24) is 0 Å². The summed E-state index contributed by atoms with van der Waals surface area (Å²) in [6.07, 6.45) is 6.98. The van der Waals surface area contributed by atoms with E-state index in [1.807, 2.05) is 0 Å². The van der Waals surface area contributed by atoms with Gasteiger partial charge in [0.05, 0.1) is 0 Å². The molecule has 0 aliphatic rings. The Hall–Kier alpha value is 0. The molecule has 0 amide bonds. The highest BCUT2D eigenvalue weighted by Crippen LogP contribution is 2.29. The summed E-state index contributed by atoms with van der Waals surface area (Å²) < 4.78 is 0. The van der Waals surface area contributed by atoms with Gasteiger partial charge in [-0.15, -0.1) is 0 Å². The van der Waals surface area contributed by atoms with Crippen molar-refractivity contribution in [3.8, 4) is 0 Å². The van der Waals surface area contributed by atoms with E-state index < -0.39 is 0 Å². The predicted molar refractivity (Wildman–Crippen MR) is 66.5 cm³/mol. The summed E-state index contributed by atoms with van der Waals surface area (Å²) in [5, 5.41) is 0. The second-order valence-electron chi connectivity index (χ2n) is 6.25. The Labute approximate surface area is 91.5 Å². The lowest BCUT2D eigenvalue weighted by Gasteiger charge is -2.25. The molecule has 0 aromatic rings. The molecule has 0 saturated heterocycles. The van der Waals surface area contributed by atoms with Crippen LogP contribution in [0.25, 0.3) is 0 Å². The molecule has 0 heterocycles. The first-order valence-electron chi connectivity index (χ1n) is 6.37. The molecular weight excluding hydrogens is 168 g/mol. The number of hydrogen-bond acceptors (Lipinski definition) is 0. The van der Waals surface area contributed by atoms with Gasteiger partial charge < -0.3 is 0 Å². The van der Waals surface area contributed by atoms with Crippen molar-refractivity contribution < 1.29 is 0 Å². The van der Waals surface area contributed by atoms with E-state index in [1.54, 1.807) is 0 Å². The fourth-order valence-electron chi connectivity index (χ4n) is 1.90. The molecule has 0 aromatic carbocycles. The first-order chi connectivity index (χ1) is 6.37. The molecule has 0 nitrogen and oxygen atoms in total. The van der Waals surface area contributed by atoms with E-state index in [-0.39, 0.29) is 0 Å². The van der Waals surface area contributed by atoms with Gasteiger partial charge in [-0.2, -0.15) is 0 Å². The van der Waals surface area contributed by atoms with Crippen LogP contribution in [0, 0.1) is 17.3 Å². The minimum Gasteiger partial charge on any atom is -0.0654 e. The smallest absolute Gasteiger partial charge is 0.0383 e. The van der Waals surface area contributed by atoms with E-state index in [9.17, 15) is 0 Å². The Morgan fingerprint density at radius 3 is 1.93 bits per heavy atom. The topological polar surface area (TPSA) is 0 Å². The van der Waals surface area contributed by atoms with Crippen LogP contribution in [0.2, 0.25) is 0 Å². The molecule has 0 fully saturated rings. The molecular formula is C14H30. The molecule has 86 valence electrons. The molecule has 0 saturated carbocycles. The fraction of sp³-hybridized carbons (Fsp3) is 1.00. The third-order valence-electron chi connectivity index (χ3n) is 3.14. The van der Waals surface area contributed by atoms with E-state index in [2.05, 4.69) is 41.5 Å². The van der Waals surface area contributed by atoms with Gasteiger partial charge in [0.25, 0.3) is 0 Å². The molecule has 1 unspecified atom stereocenters. The highest BCUT2D eigenvalue weighted by molar-refractivity contribution is 4.68. The predicted octanol–water partition coefficient (Wildman–Crippen LogP) is 5.28. The summed E-state index contributed by atoms with van der Waals surface area (Å²) in [5.74, 6) is 1.82. The van der Waals surface area contributed by atoms with Crippen LogP contribution in [0.1, 0.15) is 73.6 Å². The van der Waals surface area contributed by atoms with E-state index in [0.29, 0.717) is 5.41 Å². The molecule has 0 rings (SSSR count). The molecule has 0 aromatic heterocycles. The average Bonchev–Trinajstić information content (AvgIpc) is 2.01. The van der Waals surface area contributed by atoms with Crippen molar-refractivity contribution in [2.75, 3.05) is 0 Å². The summed E-state index contributed by atoms with van der Waals surface area (Å²) in [7, 11) is 0. The highest BCUT2D eigenvalue weighted by atomic mass is 14.2. The highest BCUT2D eigenvalue weighted by Gasteiger charge is 2.17. The summed E-state index contributed by atoms with van der Waals surface area (Å²) in [6.45, 7) is 14.1. The van der Waals surface area contributed by atoms with Gasteiger partial charge in [0.15, 0.2) is 0 Å². The Bertz CT molecular complexity index is 127. The van der Waals surface area contributed by atoms with Gasteiger partial charge in [0.2, 0.25) is 0 Å². The van der Waals surface area contributed by atoms with Gasteiger partial charge in [-0.1, -0.05) is 60.8 Å². The molecule has 0 bridgehead atoms. The Balaban J connectivity index is 3.85. The molecule has 1 atom stereocenters. The van der Waals surface area contributed by atoms with Crippen LogP contribution in [0.3, 0.4) is 0 Å². The monoisotopic (exact) mass is 198 g/mol. The summed E-state index contributed by atoms with van der Waals surface area (Å²) in [4.78, 5) is 0. The van der Waals surface area contributed by atoms with Crippen LogP contribution in [-0.4, -0.2) is 0 Å². The van der Waals surface area contributed by atoms with E-state index >= 15 is 0 Å². The zero-order valence-electron chi connectivity index (χ0n) is 11.2. The molecule has 0 radical (unpaired) electrons. The van der Waals surface area contributed by atoms with Gasteiger partial charge in [0.1, 0.15) is 0 Å². The number of unbranched alkanes of at least 4 members (excludes halogenated alkanes) is 1. The van der Waals surface area contributed by atoms with Gasteiger partial charge in [-0.25, -0.2) is 0 Å². The maximum atomic E-state index is 2.38. The molecule has 0 aliphatic carbocycles. The van der Waals surface area contributed by atoms with Gasteiger partial charge in [-0.05, 0) is 30.1 Å². The normalized spacial score (nSPS) is 14.8. The lowest BCUT2D eigenvalue weighted by Crippen LogP contribution is -2.13. The molecule has 0 aliphatic heterocycles. The third-order valence-corrected chi connectivity index (χ3v) is 3.14. The first kappa shape index (κ1) is 14.0. The third kappa shape index (κ3) is 7.41. The van der Waals surface area contributed by atoms with Crippen molar-refractivity contribution in [1.29, 1.82) is 0 Å².